The van der Waals surface area contributed by atoms with Crippen molar-refractivity contribution in [3.63, 3.8) is 0 Å². The van der Waals surface area contributed by atoms with Gasteiger partial charge in [0.15, 0.2) is 17.2 Å². The van der Waals surface area contributed by atoms with E-state index in [-0.39, 0.29) is 5.91 Å². The molecule has 112 valence electrons. The molecule has 3 aromatic rings. The summed E-state index contributed by atoms with van der Waals surface area (Å²) in [5.41, 5.74) is 3.45. The monoisotopic (exact) mass is 296 g/mol. The first-order valence-corrected chi connectivity index (χ1v) is 7.46. The fourth-order valence-electron chi connectivity index (χ4n) is 2.92. The molecule has 0 fully saturated rings. The highest BCUT2D eigenvalue weighted by molar-refractivity contribution is 5.93. The lowest BCUT2D eigenvalue weighted by molar-refractivity contribution is 0.0943. The van der Waals surface area contributed by atoms with Gasteiger partial charge in [-0.25, -0.2) is 0 Å². The minimum atomic E-state index is -0.160. The van der Waals surface area contributed by atoms with Crippen LogP contribution in [-0.2, 0) is 19.4 Å². The van der Waals surface area contributed by atoms with Crippen molar-refractivity contribution in [2.45, 2.75) is 32.2 Å². The summed E-state index contributed by atoms with van der Waals surface area (Å²) in [6, 6.07) is 5.69. The molecule has 2 N–H and O–H groups in total. The van der Waals surface area contributed by atoms with Crippen molar-refractivity contribution in [3.8, 4) is 0 Å². The third-order valence-corrected chi connectivity index (χ3v) is 4.06. The van der Waals surface area contributed by atoms with Crippen LogP contribution in [0.2, 0.25) is 0 Å². The molecule has 1 aliphatic rings. The van der Waals surface area contributed by atoms with Gasteiger partial charge in [0.1, 0.15) is 0 Å². The first kappa shape index (κ1) is 13.0. The molecule has 1 aliphatic carbocycles. The van der Waals surface area contributed by atoms with E-state index in [2.05, 4.69) is 25.7 Å². The van der Waals surface area contributed by atoms with Gasteiger partial charge in [-0.3, -0.25) is 14.3 Å². The van der Waals surface area contributed by atoms with Gasteiger partial charge >= 0.3 is 0 Å². The first-order valence-electron chi connectivity index (χ1n) is 7.46. The number of carbonyl (C=O) groups is 1. The second-order valence-electron chi connectivity index (χ2n) is 5.46. The zero-order valence-electron chi connectivity index (χ0n) is 12.0. The third kappa shape index (κ3) is 2.14. The number of fused-ring (bicyclic) bond motifs is 2. The second-order valence-corrected chi connectivity index (χ2v) is 5.46. The molecule has 1 amide bonds. The first-order chi connectivity index (χ1) is 10.8. The van der Waals surface area contributed by atoms with E-state index >= 15 is 0 Å². The Morgan fingerprint density at radius 1 is 1.27 bits per heavy atom. The maximum Gasteiger partial charge on any atom is 0.272 e. The van der Waals surface area contributed by atoms with Crippen molar-refractivity contribution in [2.24, 2.45) is 0 Å². The molecule has 7 nitrogen and oxygen atoms in total. The van der Waals surface area contributed by atoms with E-state index in [1.165, 1.54) is 0 Å². The molecule has 0 aromatic carbocycles. The van der Waals surface area contributed by atoms with Crippen LogP contribution in [0.3, 0.4) is 0 Å². The van der Waals surface area contributed by atoms with Crippen molar-refractivity contribution in [3.05, 3.63) is 47.2 Å². The molecule has 0 saturated carbocycles. The normalized spacial score (nSPS) is 14.0. The number of aromatic amines is 1. The lowest BCUT2D eigenvalue weighted by Gasteiger charge is -2.10. The van der Waals surface area contributed by atoms with E-state index in [1.54, 1.807) is 0 Å². The largest absolute Gasteiger partial charge is 0.343 e. The van der Waals surface area contributed by atoms with Crippen LogP contribution in [0.25, 0.3) is 5.65 Å². The number of aromatic nitrogens is 5. The molecule has 0 atom stereocenters. The average molecular weight is 296 g/mol. The van der Waals surface area contributed by atoms with Gasteiger partial charge in [0, 0.05) is 17.5 Å². The van der Waals surface area contributed by atoms with Gasteiger partial charge in [0.25, 0.3) is 5.91 Å². The van der Waals surface area contributed by atoms with Gasteiger partial charge in [-0.1, -0.05) is 6.07 Å². The summed E-state index contributed by atoms with van der Waals surface area (Å²) in [6.45, 7) is 0.325. The summed E-state index contributed by atoms with van der Waals surface area (Å²) < 4.78 is 1.86. The van der Waals surface area contributed by atoms with Crippen LogP contribution in [0.5, 0.6) is 0 Å². The number of carbonyl (C=O) groups excluding carboxylic acids is 1. The van der Waals surface area contributed by atoms with Crippen molar-refractivity contribution in [1.82, 2.24) is 30.1 Å². The number of nitrogens with one attached hydrogen (secondary N) is 2. The summed E-state index contributed by atoms with van der Waals surface area (Å²) in [7, 11) is 0. The molecule has 0 aliphatic heterocycles. The Morgan fingerprint density at radius 3 is 3.14 bits per heavy atom. The molecule has 0 unspecified atom stereocenters. The van der Waals surface area contributed by atoms with Crippen LogP contribution in [0.1, 0.15) is 40.4 Å². The Hall–Kier alpha value is -2.70. The molecule has 3 heterocycles. The summed E-state index contributed by atoms with van der Waals surface area (Å²) in [6.07, 6.45) is 6.05. The highest BCUT2D eigenvalue weighted by atomic mass is 16.1. The van der Waals surface area contributed by atoms with Gasteiger partial charge in [-0.2, -0.15) is 5.10 Å². The summed E-state index contributed by atoms with van der Waals surface area (Å²) in [5, 5.41) is 18.2. The zero-order chi connectivity index (χ0) is 14.9. The van der Waals surface area contributed by atoms with E-state index in [9.17, 15) is 4.79 Å². The molecular weight excluding hydrogens is 280 g/mol. The van der Waals surface area contributed by atoms with Gasteiger partial charge in [0.05, 0.1) is 6.54 Å². The standard InChI is InChI=1S/C15H16N6O/c22-15(14-10-5-1-2-6-11(10)17-20-14)16-9-13-19-18-12-7-3-4-8-21(12)13/h3-4,7-8H,1-2,5-6,9H2,(H,16,22)(H,17,20). The average Bonchev–Trinajstić information content (AvgIpc) is 3.17. The van der Waals surface area contributed by atoms with Crippen molar-refractivity contribution in [2.75, 3.05) is 0 Å². The number of rotatable bonds is 3. The predicted molar refractivity (Wildman–Crippen MR) is 79.4 cm³/mol. The van der Waals surface area contributed by atoms with E-state index in [1.807, 2.05) is 28.8 Å². The lowest BCUT2D eigenvalue weighted by Crippen LogP contribution is -2.25. The number of hydrogen-bond acceptors (Lipinski definition) is 4. The zero-order valence-corrected chi connectivity index (χ0v) is 12.0. The number of amides is 1. The van der Waals surface area contributed by atoms with E-state index in [4.69, 9.17) is 0 Å². The minimum absolute atomic E-state index is 0.160. The number of hydrogen-bond donors (Lipinski definition) is 2. The van der Waals surface area contributed by atoms with Crippen LogP contribution in [0, 0.1) is 0 Å². The second kappa shape index (κ2) is 5.25. The fourth-order valence-corrected chi connectivity index (χ4v) is 2.92. The Labute approximate surface area is 126 Å². The topological polar surface area (TPSA) is 88.0 Å². The van der Waals surface area contributed by atoms with E-state index in [0.717, 1.165) is 42.6 Å². The molecular formula is C15H16N6O. The Balaban J connectivity index is 1.52. The SMILES string of the molecule is O=C(NCc1nnc2ccccn12)c1n[nH]c2c1CCCC2. The molecule has 0 saturated heterocycles. The van der Waals surface area contributed by atoms with E-state index < -0.39 is 0 Å². The fraction of sp³-hybridized carbons (Fsp3) is 0.333. The highest BCUT2D eigenvalue weighted by Gasteiger charge is 2.21. The van der Waals surface area contributed by atoms with Crippen LogP contribution >= 0.6 is 0 Å². The highest BCUT2D eigenvalue weighted by Crippen LogP contribution is 2.22. The molecule has 22 heavy (non-hydrogen) atoms. The van der Waals surface area contributed by atoms with Crippen molar-refractivity contribution < 1.29 is 4.79 Å². The van der Waals surface area contributed by atoms with Crippen LogP contribution in [0.15, 0.2) is 24.4 Å². The van der Waals surface area contributed by atoms with Gasteiger partial charge < -0.3 is 5.32 Å². The third-order valence-electron chi connectivity index (χ3n) is 4.06. The summed E-state index contributed by atoms with van der Waals surface area (Å²) in [4.78, 5) is 12.4. The molecule has 4 rings (SSSR count). The van der Waals surface area contributed by atoms with E-state index in [0.29, 0.717) is 18.1 Å². The number of pyridine rings is 1. The molecule has 0 bridgehead atoms. The number of nitrogens with zero attached hydrogens (tertiary/aromatic N) is 4. The number of H-pyrrole nitrogens is 1. The minimum Gasteiger partial charge on any atom is -0.343 e. The van der Waals surface area contributed by atoms with Gasteiger partial charge in [-0.05, 0) is 37.8 Å². The van der Waals surface area contributed by atoms with Crippen molar-refractivity contribution in [1.29, 1.82) is 0 Å². The molecule has 0 spiro atoms. The van der Waals surface area contributed by atoms with Crippen LogP contribution in [0.4, 0.5) is 0 Å². The van der Waals surface area contributed by atoms with Crippen LogP contribution < -0.4 is 5.32 Å². The molecule has 0 radical (unpaired) electrons. The number of aryl methyl sites for hydroxylation is 1. The molecule has 3 aromatic heterocycles. The quantitative estimate of drug-likeness (QED) is 0.761. The van der Waals surface area contributed by atoms with Crippen molar-refractivity contribution >= 4 is 11.6 Å². The molecule has 7 heteroatoms. The smallest absolute Gasteiger partial charge is 0.272 e. The maximum absolute atomic E-state index is 12.4. The summed E-state index contributed by atoms with van der Waals surface area (Å²) >= 11 is 0. The Bertz CT molecular complexity index is 834. The van der Waals surface area contributed by atoms with Crippen LogP contribution in [-0.4, -0.2) is 30.7 Å². The maximum atomic E-state index is 12.4. The Kier molecular flexibility index (Phi) is 3.10. The van der Waals surface area contributed by atoms with Gasteiger partial charge in [0.2, 0.25) is 0 Å². The van der Waals surface area contributed by atoms with Gasteiger partial charge in [-0.15, -0.1) is 10.2 Å². The predicted octanol–water partition coefficient (Wildman–Crippen LogP) is 1.26. The summed E-state index contributed by atoms with van der Waals surface area (Å²) in [5.74, 6) is 0.542. The lowest BCUT2D eigenvalue weighted by atomic mass is 9.96. The Morgan fingerprint density at radius 2 is 2.18 bits per heavy atom.